The molecule has 0 atom stereocenters. The van der Waals surface area contributed by atoms with Crippen molar-refractivity contribution in [3.8, 4) is 45.2 Å². The molecular formula is C47H27N3OS. The summed E-state index contributed by atoms with van der Waals surface area (Å²) < 4.78 is 8.69. The predicted octanol–water partition coefficient (Wildman–Crippen LogP) is 13.1. The Bertz CT molecular complexity index is 3180. The fourth-order valence-electron chi connectivity index (χ4n) is 7.73. The van der Waals surface area contributed by atoms with Crippen LogP contribution in [0.3, 0.4) is 0 Å². The third-order valence-corrected chi connectivity index (χ3v) is 11.4. The summed E-state index contributed by atoms with van der Waals surface area (Å²) in [5.41, 5.74) is 9.60. The minimum absolute atomic E-state index is 0.694. The highest BCUT2D eigenvalue weighted by atomic mass is 32.1. The fraction of sp³-hybridized carbons (Fsp3) is 0. The molecule has 4 heterocycles. The molecule has 7 aromatic carbocycles. The van der Waals surface area contributed by atoms with E-state index in [2.05, 4.69) is 133 Å². The Morgan fingerprint density at radius 1 is 0.404 bits per heavy atom. The maximum absolute atomic E-state index is 6.29. The van der Waals surface area contributed by atoms with E-state index in [1.54, 1.807) is 0 Å². The molecule has 0 radical (unpaired) electrons. The fourth-order valence-corrected chi connectivity index (χ4v) is 9.10. The SMILES string of the molecule is c1ccc(-c2cc(-c3cccc4oc5ccccc5c34)nc(-c3cccc4c3sc3c4ccc4c(-c5ccccc5)nc5ccccc5c43)n2)cc1. The van der Waals surface area contributed by atoms with Crippen molar-refractivity contribution in [2.24, 2.45) is 0 Å². The van der Waals surface area contributed by atoms with Crippen LogP contribution in [0.2, 0.25) is 0 Å². The molecule has 0 bridgehead atoms. The highest BCUT2D eigenvalue weighted by Crippen LogP contribution is 2.46. The Morgan fingerprint density at radius 3 is 1.90 bits per heavy atom. The van der Waals surface area contributed by atoms with E-state index in [0.29, 0.717) is 5.82 Å². The molecule has 0 fully saturated rings. The zero-order valence-corrected chi connectivity index (χ0v) is 28.6. The van der Waals surface area contributed by atoms with Gasteiger partial charge >= 0.3 is 0 Å². The molecule has 0 aliphatic heterocycles. The van der Waals surface area contributed by atoms with Crippen molar-refractivity contribution in [3.63, 3.8) is 0 Å². The normalized spacial score (nSPS) is 11.8. The lowest BCUT2D eigenvalue weighted by Gasteiger charge is -2.11. The highest BCUT2D eigenvalue weighted by molar-refractivity contribution is 7.27. The molecule has 11 rings (SSSR count). The number of pyridine rings is 1. The molecule has 11 aromatic rings. The van der Waals surface area contributed by atoms with Crippen molar-refractivity contribution in [3.05, 3.63) is 164 Å². The smallest absolute Gasteiger partial charge is 0.161 e. The summed E-state index contributed by atoms with van der Waals surface area (Å²) in [5, 5.41) is 8.08. The topological polar surface area (TPSA) is 51.8 Å². The minimum Gasteiger partial charge on any atom is -0.456 e. The van der Waals surface area contributed by atoms with E-state index in [0.717, 1.165) is 82.3 Å². The van der Waals surface area contributed by atoms with Crippen LogP contribution < -0.4 is 0 Å². The van der Waals surface area contributed by atoms with Gasteiger partial charge in [-0.2, -0.15) is 0 Å². The molecule has 0 amide bonds. The Hall–Kier alpha value is -6.69. The molecule has 4 nitrogen and oxygen atoms in total. The van der Waals surface area contributed by atoms with Crippen LogP contribution in [0.25, 0.3) is 109 Å². The van der Waals surface area contributed by atoms with Crippen molar-refractivity contribution >= 4 is 75.1 Å². The number of hydrogen-bond acceptors (Lipinski definition) is 5. The minimum atomic E-state index is 0.694. The summed E-state index contributed by atoms with van der Waals surface area (Å²) in [6, 6.07) is 56.9. The van der Waals surface area contributed by atoms with E-state index in [9.17, 15) is 0 Å². The second-order valence-electron chi connectivity index (χ2n) is 13.1. The summed E-state index contributed by atoms with van der Waals surface area (Å²) in [7, 11) is 0. The lowest BCUT2D eigenvalue weighted by atomic mass is 9.98. The van der Waals surface area contributed by atoms with Crippen molar-refractivity contribution < 1.29 is 4.42 Å². The van der Waals surface area contributed by atoms with Gasteiger partial charge in [0, 0.05) is 69.4 Å². The summed E-state index contributed by atoms with van der Waals surface area (Å²) in [6.45, 7) is 0. The monoisotopic (exact) mass is 681 g/mol. The average Bonchev–Trinajstić information content (AvgIpc) is 3.80. The third-order valence-electron chi connectivity index (χ3n) is 10.1. The molecular weight excluding hydrogens is 655 g/mol. The number of benzene rings is 7. The second-order valence-corrected chi connectivity index (χ2v) is 14.1. The lowest BCUT2D eigenvalue weighted by Crippen LogP contribution is -1.96. The molecule has 4 aromatic heterocycles. The van der Waals surface area contributed by atoms with Gasteiger partial charge in [0.25, 0.3) is 0 Å². The number of furan rings is 1. The molecule has 5 heteroatoms. The Labute approximate surface area is 302 Å². The van der Waals surface area contributed by atoms with E-state index >= 15 is 0 Å². The molecule has 0 unspecified atom stereocenters. The number of fused-ring (bicyclic) bond motifs is 10. The van der Waals surface area contributed by atoms with Crippen LogP contribution in [-0.2, 0) is 0 Å². The number of nitrogens with zero attached hydrogens (tertiary/aromatic N) is 3. The number of hydrogen-bond donors (Lipinski definition) is 0. The lowest BCUT2D eigenvalue weighted by molar-refractivity contribution is 0.669. The number of para-hydroxylation sites is 2. The third kappa shape index (κ3) is 4.43. The number of aromatic nitrogens is 3. The van der Waals surface area contributed by atoms with Gasteiger partial charge < -0.3 is 4.42 Å². The van der Waals surface area contributed by atoms with Gasteiger partial charge in [-0.1, -0.05) is 133 Å². The molecule has 52 heavy (non-hydrogen) atoms. The standard InChI is InChI=1S/C47H27N3OS/c1-3-13-28(14-4-1)38-27-39(33-20-12-24-41-42(33)34-18-8-10-23-40(34)51-41)50-47(49-38)36-21-11-19-30-31-25-26-35-43(46(31)52-45(30)36)32-17-7-9-22-37(32)48-44(35)29-15-5-2-6-16-29/h1-27H. The quantitative estimate of drug-likeness (QED) is 0.174. The van der Waals surface area contributed by atoms with Crippen molar-refractivity contribution in [2.45, 2.75) is 0 Å². The molecule has 242 valence electrons. The maximum atomic E-state index is 6.29. The summed E-state index contributed by atoms with van der Waals surface area (Å²) in [6.07, 6.45) is 0. The van der Waals surface area contributed by atoms with Crippen LogP contribution in [0.1, 0.15) is 0 Å². The van der Waals surface area contributed by atoms with Crippen LogP contribution >= 0.6 is 11.3 Å². The molecule has 0 saturated heterocycles. The average molecular weight is 682 g/mol. The first kappa shape index (κ1) is 29.1. The van der Waals surface area contributed by atoms with E-state index < -0.39 is 0 Å². The van der Waals surface area contributed by atoms with E-state index in [1.165, 1.54) is 20.9 Å². The van der Waals surface area contributed by atoms with E-state index in [4.69, 9.17) is 19.4 Å². The van der Waals surface area contributed by atoms with Crippen molar-refractivity contribution in [2.75, 3.05) is 0 Å². The molecule has 0 aliphatic carbocycles. The Morgan fingerprint density at radius 2 is 1.04 bits per heavy atom. The van der Waals surface area contributed by atoms with Gasteiger partial charge in [-0.05, 0) is 30.3 Å². The van der Waals surface area contributed by atoms with Gasteiger partial charge in [-0.25, -0.2) is 15.0 Å². The van der Waals surface area contributed by atoms with Crippen LogP contribution in [-0.4, -0.2) is 15.0 Å². The predicted molar refractivity (Wildman–Crippen MR) is 217 cm³/mol. The molecule has 0 aliphatic rings. The van der Waals surface area contributed by atoms with Gasteiger partial charge in [-0.15, -0.1) is 11.3 Å². The van der Waals surface area contributed by atoms with E-state index in [-0.39, 0.29) is 0 Å². The zero-order chi connectivity index (χ0) is 34.2. The van der Waals surface area contributed by atoms with Crippen LogP contribution in [0, 0.1) is 0 Å². The van der Waals surface area contributed by atoms with Crippen LogP contribution in [0.4, 0.5) is 0 Å². The molecule has 0 saturated carbocycles. The van der Waals surface area contributed by atoms with Gasteiger partial charge in [0.1, 0.15) is 11.2 Å². The highest BCUT2D eigenvalue weighted by Gasteiger charge is 2.21. The number of rotatable bonds is 4. The van der Waals surface area contributed by atoms with Gasteiger partial charge in [-0.3, -0.25) is 0 Å². The van der Waals surface area contributed by atoms with Crippen molar-refractivity contribution in [1.82, 2.24) is 15.0 Å². The zero-order valence-electron chi connectivity index (χ0n) is 27.7. The first-order valence-electron chi connectivity index (χ1n) is 17.4. The molecule has 0 spiro atoms. The second kappa shape index (κ2) is 11.4. The summed E-state index contributed by atoms with van der Waals surface area (Å²) in [4.78, 5) is 15.8. The number of thiophene rings is 1. The largest absolute Gasteiger partial charge is 0.456 e. The van der Waals surface area contributed by atoms with Gasteiger partial charge in [0.05, 0.1) is 22.6 Å². The van der Waals surface area contributed by atoms with Gasteiger partial charge in [0.15, 0.2) is 5.82 Å². The Kier molecular flexibility index (Phi) is 6.39. The van der Waals surface area contributed by atoms with Crippen LogP contribution in [0.5, 0.6) is 0 Å². The van der Waals surface area contributed by atoms with E-state index in [1.807, 2.05) is 41.7 Å². The summed E-state index contributed by atoms with van der Waals surface area (Å²) in [5.74, 6) is 0.694. The van der Waals surface area contributed by atoms with Crippen LogP contribution in [0.15, 0.2) is 168 Å². The molecule has 0 N–H and O–H groups in total. The summed E-state index contributed by atoms with van der Waals surface area (Å²) >= 11 is 1.82. The maximum Gasteiger partial charge on any atom is 0.161 e. The van der Waals surface area contributed by atoms with Crippen molar-refractivity contribution in [1.29, 1.82) is 0 Å². The van der Waals surface area contributed by atoms with Gasteiger partial charge in [0.2, 0.25) is 0 Å². The Balaban J connectivity index is 1.20. The first-order chi connectivity index (χ1) is 25.8. The first-order valence-corrected chi connectivity index (χ1v) is 18.2.